The summed E-state index contributed by atoms with van der Waals surface area (Å²) in [7, 11) is 0. The number of halogens is 3. The summed E-state index contributed by atoms with van der Waals surface area (Å²) in [5.74, 6) is 0.0403. The highest BCUT2D eigenvalue weighted by Crippen LogP contribution is 2.32. The normalized spacial score (nSPS) is 11.8. The summed E-state index contributed by atoms with van der Waals surface area (Å²) in [5, 5.41) is 4.22. The molecule has 0 aliphatic carbocycles. The van der Waals surface area contributed by atoms with E-state index in [1.807, 2.05) is 19.1 Å². The highest BCUT2D eigenvalue weighted by atomic mass is 35.5. The van der Waals surface area contributed by atoms with Crippen molar-refractivity contribution in [3.05, 3.63) is 63.1 Å². The van der Waals surface area contributed by atoms with E-state index in [2.05, 4.69) is 5.32 Å². The highest BCUT2D eigenvalue weighted by Gasteiger charge is 2.12. The number of para-hydroxylation sites is 1. The third-order valence-electron chi connectivity index (χ3n) is 3.01. The fourth-order valence-corrected chi connectivity index (χ4v) is 2.51. The number of hydrogen-bond acceptors (Lipinski definition) is 2. The fraction of sp³-hybridized carbons (Fsp3) is 0.188. The van der Waals surface area contributed by atoms with E-state index in [-0.39, 0.29) is 18.6 Å². The molecule has 22 heavy (non-hydrogen) atoms. The molecule has 1 atom stereocenters. The third-order valence-corrected chi connectivity index (χ3v) is 3.86. The van der Waals surface area contributed by atoms with Gasteiger partial charge in [0.1, 0.15) is 0 Å². The summed E-state index contributed by atoms with van der Waals surface area (Å²) in [6, 6.07) is 12.1. The van der Waals surface area contributed by atoms with Crippen LogP contribution in [0.5, 0.6) is 5.75 Å². The van der Waals surface area contributed by atoms with Gasteiger partial charge in [0, 0.05) is 5.02 Å². The van der Waals surface area contributed by atoms with Crippen LogP contribution in [0.3, 0.4) is 0 Å². The van der Waals surface area contributed by atoms with Crippen LogP contribution in [0.1, 0.15) is 18.5 Å². The summed E-state index contributed by atoms with van der Waals surface area (Å²) in [4.78, 5) is 11.9. The van der Waals surface area contributed by atoms with Gasteiger partial charge in [-0.3, -0.25) is 4.79 Å². The fourth-order valence-electron chi connectivity index (χ4n) is 1.88. The average molecular weight is 359 g/mol. The van der Waals surface area contributed by atoms with Crippen LogP contribution in [-0.4, -0.2) is 12.5 Å². The Morgan fingerprint density at radius 1 is 1.09 bits per heavy atom. The largest absolute Gasteiger partial charge is 0.481 e. The molecule has 2 aromatic rings. The zero-order valence-corrected chi connectivity index (χ0v) is 14.0. The average Bonchev–Trinajstić information content (AvgIpc) is 2.47. The van der Waals surface area contributed by atoms with E-state index in [1.165, 1.54) is 0 Å². The van der Waals surface area contributed by atoms with Crippen molar-refractivity contribution in [2.24, 2.45) is 0 Å². The van der Waals surface area contributed by atoms with Crippen molar-refractivity contribution in [1.29, 1.82) is 0 Å². The Morgan fingerprint density at radius 2 is 1.68 bits per heavy atom. The van der Waals surface area contributed by atoms with E-state index in [0.29, 0.717) is 20.8 Å². The predicted molar refractivity (Wildman–Crippen MR) is 90.0 cm³/mol. The van der Waals surface area contributed by atoms with Crippen molar-refractivity contribution in [3.63, 3.8) is 0 Å². The molecule has 3 nitrogen and oxygen atoms in total. The van der Waals surface area contributed by atoms with E-state index in [4.69, 9.17) is 39.5 Å². The van der Waals surface area contributed by atoms with Gasteiger partial charge in [-0.15, -0.1) is 0 Å². The second kappa shape index (κ2) is 7.73. The number of nitrogens with one attached hydrogen (secondary N) is 1. The van der Waals surface area contributed by atoms with Gasteiger partial charge in [-0.2, -0.15) is 0 Å². The Kier molecular flexibility index (Phi) is 5.95. The van der Waals surface area contributed by atoms with Gasteiger partial charge in [0.25, 0.3) is 5.91 Å². The lowest BCUT2D eigenvalue weighted by Crippen LogP contribution is -2.31. The van der Waals surface area contributed by atoms with Gasteiger partial charge in [0.15, 0.2) is 12.4 Å². The van der Waals surface area contributed by atoms with Gasteiger partial charge >= 0.3 is 0 Å². The highest BCUT2D eigenvalue weighted by molar-refractivity contribution is 6.37. The van der Waals surface area contributed by atoms with Gasteiger partial charge in [-0.25, -0.2) is 0 Å². The summed E-state index contributed by atoms with van der Waals surface area (Å²) in [6.07, 6.45) is 0. The number of carbonyl (C=O) groups is 1. The summed E-state index contributed by atoms with van der Waals surface area (Å²) < 4.78 is 5.39. The van der Waals surface area contributed by atoms with E-state index in [9.17, 15) is 4.79 Å². The van der Waals surface area contributed by atoms with Crippen LogP contribution in [0.4, 0.5) is 0 Å². The van der Waals surface area contributed by atoms with Crippen LogP contribution in [0.25, 0.3) is 0 Å². The summed E-state index contributed by atoms with van der Waals surface area (Å²) in [6.45, 7) is 1.71. The Labute approximate surface area is 144 Å². The number of benzene rings is 2. The quantitative estimate of drug-likeness (QED) is 0.825. The monoisotopic (exact) mass is 357 g/mol. The molecule has 0 aliphatic heterocycles. The molecule has 0 spiro atoms. The Morgan fingerprint density at radius 3 is 2.27 bits per heavy atom. The van der Waals surface area contributed by atoms with E-state index >= 15 is 0 Å². The van der Waals surface area contributed by atoms with Crippen molar-refractivity contribution >= 4 is 40.7 Å². The van der Waals surface area contributed by atoms with Crippen LogP contribution in [0.15, 0.2) is 42.5 Å². The minimum atomic E-state index is -0.265. The van der Waals surface area contributed by atoms with Crippen molar-refractivity contribution in [3.8, 4) is 5.75 Å². The molecule has 0 heterocycles. The van der Waals surface area contributed by atoms with Gasteiger partial charge in [-0.1, -0.05) is 53.0 Å². The van der Waals surface area contributed by atoms with Gasteiger partial charge in [0.2, 0.25) is 0 Å². The standard InChI is InChI=1S/C16H14Cl3NO2/c1-10(11-5-7-12(17)8-6-11)20-15(21)9-22-16-13(18)3-2-4-14(16)19/h2-8,10H,9H2,1H3,(H,20,21)/t10-/m0/s1. The molecule has 0 unspecified atom stereocenters. The first-order valence-electron chi connectivity index (χ1n) is 6.59. The zero-order valence-electron chi connectivity index (χ0n) is 11.8. The molecular formula is C16H14Cl3NO2. The second-order valence-corrected chi connectivity index (χ2v) is 5.93. The van der Waals surface area contributed by atoms with Crippen molar-refractivity contribution in [1.82, 2.24) is 5.32 Å². The first-order chi connectivity index (χ1) is 10.5. The first-order valence-corrected chi connectivity index (χ1v) is 7.72. The molecule has 0 fully saturated rings. The van der Waals surface area contributed by atoms with Crippen LogP contribution in [0, 0.1) is 0 Å². The molecular weight excluding hydrogens is 345 g/mol. The number of carbonyl (C=O) groups excluding carboxylic acids is 1. The Balaban J connectivity index is 1.91. The first kappa shape index (κ1) is 16.9. The SMILES string of the molecule is C[C@H](NC(=O)COc1c(Cl)cccc1Cl)c1ccc(Cl)cc1. The smallest absolute Gasteiger partial charge is 0.258 e. The molecule has 2 aromatic carbocycles. The lowest BCUT2D eigenvalue weighted by atomic mass is 10.1. The minimum absolute atomic E-state index is 0.157. The molecule has 116 valence electrons. The maximum Gasteiger partial charge on any atom is 0.258 e. The molecule has 1 N–H and O–H groups in total. The van der Waals surface area contributed by atoms with Gasteiger partial charge in [-0.05, 0) is 36.8 Å². The zero-order chi connectivity index (χ0) is 16.1. The molecule has 0 aliphatic rings. The topological polar surface area (TPSA) is 38.3 Å². The van der Waals surface area contributed by atoms with Crippen LogP contribution >= 0.6 is 34.8 Å². The van der Waals surface area contributed by atoms with Gasteiger partial charge < -0.3 is 10.1 Å². The van der Waals surface area contributed by atoms with Crippen LogP contribution in [0.2, 0.25) is 15.1 Å². The van der Waals surface area contributed by atoms with Gasteiger partial charge in [0.05, 0.1) is 16.1 Å². The maximum absolute atomic E-state index is 11.9. The lowest BCUT2D eigenvalue weighted by molar-refractivity contribution is -0.123. The molecule has 6 heteroatoms. The number of rotatable bonds is 5. The lowest BCUT2D eigenvalue weighted by Gasteiger charge is -2.15. The molecule has 0 bridgehead atoms. The molecule has 0 radical (unpaired) electrons. The number of hydrogen-bond donors (Lipinski definition) is 1. The van der Waals surface area contributed by atoms with Crippen molar-refractivity contribution < 1.29 is 9.53 Å². The summed E-state index contributed by atoms with van der Waals surface area (Å²) >= 11 is 17.8. The maximum atomic E-state index is 11.9. The van der Waals surface area contributed by atoms with Crippen LogP contribution < -0.4 is 10.1 Å². The van der Waals surface area contributed by atoms with E-state index < -0.39 is 0 Å². The molecule has 0 saturated carbocycles. The Bertz CT molecular complexity index is 639. The van der Waals surface area contributed by atoms with Crippen molar-refractivity contribution in [2.75, 3.05) is 6.61 Å². The van der Waals surface area contributed by atoms with Crippen LogP contribution in [-0.2, 0) is 4.79 Å². The summed E-state index contributed by atoms with van der Waals surface area (Å²) in [5.41, 5.74) is 0.952. The third kappa shape index (κ3) is 4.54. The molecule has 2 rings (SSSR count). The Hall–Kier alpha value is -1.42. The second-order valence-electron chi connectivity index (χ2n) is 4.68. The van der Waals surface area contributed by atoms with E-state index in [0.717, 1.165) is 5.56 Å². The number of ether oxygens (including phenoxy) is 1. The molecule has 0 saturated heterocycles. The molecule has 0 aromatic heterocycles. The predicted octanol–water partition coefficient (Wildman–Crippen LogP) is 4.90. The van der Waals surface area contributed by atoms with E-state index in [1.54, 1.807) is 30.3 Å². The molecule has 1 amide bonds. The van der Waals surface area contributed by atoms with Crippen molar-refractivity contribution in [2.45, 2.75) is 13.0 Å². The minimum Gasteiger partial charge on any atom is -0.481 e. The number of amides is 1.